The fraction of sp³-hybridized carbons (Fsp3) is 0.308. The summed E-state index contributed by atoms with van der Waals surface area (Å²) in [6.45, 7) is 4.18. The van der Waals surface area contributed by atoms with Gasteiger partial charge in [0.25, 0.3) is 0 Å². The Morgan fingerprint density at radius 1 is 1.56 bits per heavy atom. The molecule has 0 heterocycles. The first kappa shape index (κ1) is 12.5. The Morgan fingerprint density at radius 3 is 2.81 bits per heavy atom. The van der Waals surface area contributed by atoms with E-state index in [9.17, 15) is 4.79 Å². The van der Waals surface area contributed by atoms with Gasteiger partial charge in [-0.05, 0) is 18.1 Å². The Kier molecular flexibility index (Phi) is 4.73. The fourth-order valence-corrected chi connectivity index (χ4v) is 1.73. The van der Waals surface area contributed by atoms with E-state index in [1.165, 1.54) is 0 Å². The molecular weight excluding hydrogens is 204 g/mol. The predicted molar refractivity (Wildman–Crippen MR) is 62.8 cm³/mol. The minimum absolute atomic E-state index is 0.0507. The Morgan fingerprint density at radius 2 is 2.25 bits per heavy atom. The van der Waals surface area contributed by atoms with Crippen LogP contribution in [0.2, 0.25) is 0 Å². The summed E-state index contributed by atoms with van der Waals surface area (Å²) in [5, 5.41) is 9.08. The molecule has 0 saturated carbocycles. The number of hydrogen-bond acceptors (Lipinski definition) is 2. The summed E-state index contributed by atoms with van der Waals surface area (Å²) < 4.78 is 5.10. The Balaban J connectivity index is 3.06. The Hall–Kier alpha value is -1.61. The number of ether oxygens (including phenoxy) is 1. The van der Waals surface area contributed by atoms with Gasteiger partial charge in [0.05, 0.1) is 12.2 Å². The van der Waals surface area contributed by atoms with Crippen molar-refractivity contribution in [3.05, 3.63) is 48.0 Å². The van der Waals surface area contributed by atoms with Crippen LogP contribution < -0.4 is 0 Å². The maximum atomic E-state index is 11.1. The number of carboxylic acid groups (broad SMARTS) is 1. The molecule has 1 aromatic carbocycles. The maximum Gasteiger partial charge on any atom is 0.335 e. The van der Waals surface area contributed by atoms with Gasteiger partial charge in [-0.25, -0.2) is 4.79 Å². The lowest BCUT2D eigenvalue weighted by Crippen LogP contribution is -2.11. The first-order valence-corrected chi connectivity index (χ1v) is 5.12. The van der Waals surface area contributed by atoms with Crippen molar-refractivity contribution in [2.75, 3.05) is 13.7 Å². The van der Waals surface area contributed by atoms with Crippen molar-refractivity contribution in [3.63, 3.8) is 0 Å². The number of hydrogen-bond donors (Lipinski definition) is 1. The van der Waals surface area contributed by atoms with Gasteiger partial charge in [0.1, 0.15) is 0 Å². The highest BCUT2D eigenvalue weighted by atomic mass is 16.5. The molecule has 0 aliphatic heterocycles. The minimum Gasteiger partial charge on any atom is -0.478 e. The average molecular weight is 220 g/mol. The molecule has 1 aromatic rings. The van der Waals surface area contributed by atoms with Crippen molar-refractivity contribution >= 4 is 5.97 Å². The standard InChI is InChI=1S/C13H16O3/c1-3-6-10(9-16-2)11-7-4-5-8-12(11)13(14)15/h3-5,7-8,10H,1,6,9H2,2H3,(H,14,15). The quantitative estimate of drug-likeness (QED) is 0.750. The van der Waals surface area contributed by atoms with Gasteiger partial charge in [-0.3, -0.25) is 0 Å². The maximum absolute atomic E-state index is 11.1. The second-order valence-electron chi connectivity index (χ2n) is 3.57. The molecule has 16 heavy (non-hydrogen) atoms. The normalized spacial score (nSPS) is 12.1. The minimum atomic E-state index is -0.902. The lowest BCUT2D eigenvalue weighted by atomic mass is 9.92. The summed E-state index contributed by atoms with van der Waals surface area (Å²) >= 11 is 0. The van der Waals surface area contributed by atoms with Crippen LogP contribution in [0.1, 0.15) is 28.3 Å². The van der Waals surface area contributed by atoms with Crippen molar-refractivity contribution in [1.29, 1.82) is 0 Å². The molecule has 0 saturated heterocycles. The number of benzene rings is 1. The number of carboxylic acids is 1. The molecule has 0 aliphatic rings. The zero-order chi connectivity index (χ0) is 12.0. The van der Waals surface area contributed by atoms with E-state index in [0.717, 1.165) is 5.56 Å². The zero-order valence-corrected chi connectivity index (χ0v) is 9.35. The number of aromatic carboxylic acids is 1. The summed E-state index contributed by atoms with van der Waals surface area (Å²) in [5.74, 6) is -0.851. The number of methoxy groups -OCH3 is 1. The van der Waals surface area contributed by atoms with Crippen LogP contribution in [0, 0.1) is 0 Å². The second-order valence-corrected chi connectivity index (χ2v) is 3.57. The average Bonchev–Trinajstić information content (AvgIpc) is 2.29. The van der Waals surface area contributed by atoms with Crippen molar-refractivity contribution in [2.45, 2.75) is 12.3 Å². The second kappa shape index (κ2) is 6.08. The van der Waals surface area contributed by atoms with Gasteiger partial charge in [-0.2, -0.15) is 0 Å². The van der Waals surface area contributed by atoms with Crippen LogP contribution in [-0.4, -0.2) is 24.8 Å². The van der Waals surface area contributed by atoms with Gasteiger partial charge in [0.15, 0.2) is 0 Å². The third-order valence-electron chi connectivity index (χ3n) is 2.45. The van der Waals surface area contributed by atoms with Gasteiger partial charge in [-0.1, -0.05) is 24.3 Å². The molecule has 0 aliphatic carbocycles. The van der Waals surface area contributed by atoms with E-state index in [4.69, 9.17) is 9.84 Å². The highest BCUT2D eigenvalue weighted by Gasteiger charge is 2.17. The zero-order valence-electron chi connectivity index (χ0n) is 9.35. The Labute approximate surface area is 95.4 Å². The Bertz CT molecular complexity index is 371. The number of rotatable bonds is 6. The van der Waals surface area contributed by atoms with Crippen LogP contribution in [0.3, 0.4) is 0 Å². The first-order chi connectivity index (χ1) is 7.70. The topological polar surface area (TPSA) is 46.5 Å². The molecule has 3 nitrogen and oxygen atoms in total. The fourth-order valence-electron chi connectivity index (χ4n) is 1.73. The highest BCUT2D eigenvalue weighted by molar-refractivity contribution is 5.89. The monoisotopic (exact) mass is 220 g/mol. The van der Waals surface area contributed by atoms with Crippen molar-refractivity contribution in [3.8, 4) is 0 Å². The van der Waals surface area contributed by atoms with E-state index in [2.05, 4.69) is 6.58 Å². The number of allylic oxidation sites excluding steroid dienone is 1. The summed E-state index contributed by atoms with van der Waals surface area (Å²) in [7, 11) is 1.61. The van der Waals surface area contributed by atoms with Gasteiger partial charge >= 0.3 is 5.97 Å². The smallest absolute Gasteiger partial charge is 0.335 e. The first-order valence-electron chi connectivity index (χ1n) is 5.12. The molecule has 1 rings (SSSR count). The summed E-state index contributed by atoms with van der Waals surface area (Å²) in [5.41, 5.74) is 1.14. The molecule has 0 aromatic heterocycles. The summed E-state index contributed by atoms with van der Waals surface area (Å²) in [4.78, 5) is 11.1. The van der Waals surface area contributed by atoms with Gasteiger partial charge in [0, 0.05) is 13.0 Å². The molecule has 1 atom stereocenters. The van der Waals surface area contributed by atoms with Crippen molar-refractivity contribution < 1.29 is 14.6 Å². The van der Waals surface area contributed by atoms with E-state index in [1.807, 2.05) is 12.1 Å². The predicted octanol–water partition coefficient (Wildman–Crippen LogP) is 2.69. The highest BCUT2D eigenvalue weighted by Crippen LogP contribution is 2.24. The van der Waals surface area contributed by atoms with Gasteiger partial charge in [0.2, 0.25) is 0 Å². The molecule has 0 amide bonds. The molecule has 0 fully saturated rings. The largest absolute Gasteiger partial charge is 0.478 e. The number of carbonyl (C=O) groups is 1. The lowest BCUT2D eigenvalue weighted by molar-refractivity contribution is 0.0694. The van der Waals surface area contributed by atoms with E-state index in [0.29, 0.717) is 18.6 Å². The van der Waals surface area contributed by atoms with Crippen molar-refractivity contribution in [1.82, 2.24) is 0 Å². The summed E-state index contributed by atoms with van der Waals surface area (Å²) in [6.07, 6.45) is 2.49. The van der Waals surface area contributed by atoms with Crippen LogP contribution in [0.4, 0.5) is 0 Å². The van der Waals surface area contributed by atoms with E-state index < -0.39 is 5.97 Å². The van der Waals surface area contributed by atoms with Gasteiger partial charge < -0.3 is 9.84 Å². The molecule has 0 radical (unpaired) electrons. The molecule has 3 heteroatoms. The van der Waals surface area contributed by atoms with Crippen molar-refractivity contribution in [2.24, 2.45) is 0 Å². The van der Waals surface area contributed by atoms with Crippen LogP contribution in [0.25, 0.3) is 0 Å². The third kappa shape index (κ3) is 2.94. The van der Waals surface area contributed by atoms with Crippen LogP contribution >= 0.6 is 0 Å². The molecule has 0 spiro atoms. The third-order valence-corrected chi connectivity index (χ3v) is 2.45. The SMILES string of the molecule is C=CCC(COC)c1ccccc1C(=O)O. The molecular formula is C13H16O3. The van der Waals surface area contributed by atoms with Crippen LogP contribution in [0.5, 0.6) is 0 Å². The lowest BCUT2D eigenvalue weighted by Gasteiger charge is -2.16. The summed E-state index contributed by atoms with van der Waals surface area (Å²) in [6, 6.07) is 7.01. The van der Waals surface area contributed by atoms with E-state index in [-0.39, 0.29) is 5.92 Å². The van der Waals surface area contributed by atoms with Crippen LogP contribution in [0.15, 0.2) is 36.9 Å². The van der Waals surface area contributed by atoms with E-state index in [1.54, 1.807) is 25.3 Å². The molecule has 86 valence electrons. The molecule has 1 unspecified atom stereocenters. The van der Waals surface area contributed by atoms with Gasteiger partial charge in [-0.15, -0.1) is 6.58 Å². The van der Waals surface area contributed by atoms with E-state index >= 15 is 0 Å². The molecule has 0 bridgehead atoms. The van der Waals surface area contributed by atoms with Crippen LogP contribution in [-0.2, 0) is 4.74 Å². The molecule has 1 N–H and O–H groups in total.